The van der Waals surface area contributed by atoms with Crippen LogP contribution in [-0.2, 0) is 9.53 Å². The zero-order valence-corrected chi connectivity index (χ0v) is 17.2. The van der Waals surface area contributed by atoms with Crippen molar-refractivity contribution >= 4 is 22.4 Å². The van der Waals surface area contributed by atoms with Crippen molar-refractivity contribution in [3.05, 3.63) is 108 Å². The van der Waals surface area contributed by atoms with Crippen LogP contribution in [0.1, 0.15) is 36.7 Å². The number of fused-ring (bicyclic) bond motifs is 1. The maximum absolute atomic E-state index is 11.8. The molecule has 2 aromatic heterocycles. The van der Waals surface area contributed by atoms with Crippen LogP contribution in [-0.4, -0.2) is 22.1 Å². The fourth-order valence-corrected chi connectivity index (χ4v) is 3.73. The lowest BCUT2D eigenvalue weighted by Gasteiger charge is -2.20. The Balaban J connectivity index is 1.77. The summed E-state index contributed by atoms with van der Waals surface area (Å²) in [4.78, 5) is 16.4. The van der Waals surface area contributed by atoms with E-state index in [2.05, 4.69) is 64.3 Å². The van der Waals surface area contributed by atoms with Gasteiger partial charge in [0.05, 0.1) is 12.3 Å². The molecule has 0 aliphatic carbocycles. The van der Waals surface area contributed by atoms with Gasteiger partial charge in [-0.15, -0.1) is 0 Å². The van der Waals surface area contributed by atoms with Crippen LogP contribution >= 0.6 is 0 Å². The molecule has 0 aliphatic rings. The maximum atomic E-state index is 11.8. The third-order valence-electron chi connectivity index (χ3n) is 5.16. The van der Waals surface area contributed by atoms with Gasteiger partial charge >= 0.3 is 5.97 Å². The fraction of sp³-hybridized carbons (Fsp3) is 0.154. The summed E-state index contributed by atoms with van der Waals surface area (Å²) in [6.45, 7) is 4.11. The molecule has 4 rings (SSSR count). The molecule has 0 amide bonds. The Morgan fingerprint density at radius 3 is 2.60 bits per heavy atom. The molecule has 2 aromatic carbocycles. The van der Waals surface area contributed by atoms with E-state index in [4.69, 9.17) is 4.74 Å². The highest BCUT2D eigenvalue weighted by Crippen LogP contribution is 2.31. The molecule has 0 aliphatic heterocycles. The van der Waals surface area contributed by atoms with E-state index >= 15 is 0 Å². The predicted molar refractivity (Wildman–Crippen MR) is 120 cm³/mol. The van der Waals surface area contributed by atoms with Crippen LogP contribution in [0.2, 0.25) is 0 Å². The molecule has 0 radical (unpaired) electrons. The van der Waals surface area contributed by atoms with Crippen LogP contribution in [0.25, 0.3) is 16.5 Å². The number of rotatable bonds is 6. The average molecular weight is 396 g/mol. The molecule has 0 bridgehead atoms. The number of benzene rings is 2. The van der Waals surface area contributed by atoms with E-state index in [0.717, 1.165) is 27.7 Å². The largest absolute Gasteiger partial charge is 0.463 e. The van der Waals surface area contributed by atoms with E-state index in [0.29, 0.717) is 6.61 Å². The van der Waals surface area contributed by atoms with Crippen molar-refractivity contribution in [2.24, 2.45) is 0 Å². The van der Waals surface area contributed by atoms with Gasteiger partial charge in [-0.05, 0) is 60.9 Å². The second kappa shape index (κ2) is 8.78. The molecule has 0 saturated heterocycles. The second-order valence-electron chi connectivity index (χ2n) is 7.14. The maximum Gasteiger partial charge on any atom is 0.331 e. The molecule has 4 nitrogen and oxygen atoms in total. The van der Waals surface area contributed by atoms with Gasteiger partial charge < -0.3 is 9.30 Å². The van der Waals surface area contributed by atoms with Gasteiger partial charge in [0.2, 0.25) is 0 Å². The first-order chi connectivity index (χ1) is 14.7. The van der Waals surface area contributed by atoms with Crippen LogP contribution in [0.4, 0.5) is 0 Å². The molecule has 2 heterocycles. The molecular formula is C26H24N2O2. The topological polar surface area (TPSA) is 44.1 Å². The van der Waals surface area contributed by atoms with Gasteiger partial charge in [-0.3, -0.25) is 4.98 Å². The van der Waals surface area contributed by atoms with Crippen LogP contribution in [0, 0.1) is 0 Å². The number of carbonyl (C=O) groups is 1. The molecule has 0 fully saturated rings. The molecular weight excluding hydrogens is 372 g/mol. The van der Waals surface area contributed by atoms with E-state index in [1.165, 1.54) is 5.56 Å². The Bertz CT molecular complexity index is 1140. The number of nitrogens with zero attached hydrogens (tertiary/aromatic N) is 2. The minimum atomic E-state index is -0.313. The van der Waals surface area contributed by atoms with Gasteiger partial charge in [0, 0.05) is 29.4 Å². The molecule has 4 aromatic rings. The summed E-state index contributed by atoms with van der Waals surface area (Å²) in [5.74, 6) is -0.313. The minimum absolute atomic E-state index is 0.0214. The highest BCUT2D eigenvalue weighted by Gasteiger charge is 2.19. The van der Waals surface area contributed by atoms with Crippen molar-refractivity contribution in [3.8, 4) is 0 Å². The number of ether oxygens (including phenoxy) is 1. The summed E-state index contributed by atoms with van der Waals surface area (Å²) in [6.07, 6.45) is 5.48. The third kappa shape index (κ3) is 4.03. The van der Waals surface area contributed by atoms with E-state index in [9.17, 15) is 4.79 Å². The number of hydrogen-bond acceptors (Lipinski definition) is 3. The average Bonchev–Trinajstić information content (AvgIpc) is 3.18. The number of allylic oxidation sites excluding steroid dienone is 1. The molecule has 150 valence electrons. The number of carbonyl (C=O) groups excluding carboxylic acids is 1. The van der Waals surface area contributed by atoms with Gasteiger partial charge in [0.1, 0.15) is 6.04 Å². The Morgan fingerprint density at radius 1 is 1.07 bits per heavy atom. The van der Waals surface area contributed by atoms with Crippen molar-refractivity contribution in [1.29, 1.82) is 0 Å². The van der Waals surface area contributed by atoms with Crippen molar-refractivity contribution in [1.82, 2.24) is 9.55 Å². The fourth-order valence-electron chi connectivity index (χ4n) is 3.73. The SMILES string of the molecule is CCOC(=O)/C=C(\C)c1ccc2c(ccn2C(c2ccccc2)c2ccccn2)c1. The minimum Gasteiger partial charge on any atom is -0.463 e. The molecule has 0 N–H and O–H groups in total. The summed E-state index contributed by atoms with van der Waals surface area (Å²) in [5, 5.41) is 1.11. The predicted octanol–water partition coefficient (Wildman–Crippen LogP) is 5.64. The second-order valence-corrected chi connectivity index (χ2v) is 7.14. The van der Waals surface area contributed by atoms with Crippen LogP contribution in [0.15, 0.2) is 91.3 Å². The summed E-state index contributed by atoms with van der Waals surface area (Å²) >= 11 is 0. The first-order valence-electron chi connectivity index (χ1n) is 10.1. The molecule has 0 saturated carbocycles. The van der Waals surface area contributed by atoms with Gasteiger partial charge in [-0.1, -0.05) is 42.5 Å². The highest BCUT2D eigenvalue weighted by atomic mass is 16.5. The van der Waals surface area contributed by atoms with Gasteiger partial charge in [-0.2, -0.15) is 0 Å². The first-order valence-corrected chi connectivity index (χ1v) is 10.1. The van der Waals surface area contributed by atoms with Crippen LogP contribution in [0.3, 0.4) is 0 Å². The summed E-state index contributed by atoms with van der Waals surface area (Å²) in [7, 11) is 0. The number of esters is 1. The molecule has 4 heteroatoms. The number of hydrogen-bond donors (Lipinski definition) is 0. The first kappa shape index (κ1) is 19.6. The monoisotopic (exact) mass is 396 g/mol. The Labute approximate surface area is 176 Å². The number of aromatic nitrogens is 2. The Hall–Kier alpha value is -3.66. The van der Waals surface area contributed by atoms with Crippen molar-refractivity contribution in [2.75, 3.05) is 6.61 Å². The third-order valence-corrected chi connectivity index (χ3v) is 5.16. The summed E-state index contributed by atoms with van der Waals surface area (Å²) < 4.78 is 7.28. The molecule has 1 unspecified atom stereocenters. The lowest BCUT2D eigenvalue weighted by atomic mass is 10.0. The van der Waals surface area contributed by atoms with Crippen molar-refractivity contribution < 1.29 is 9.53 Å². The van der Waals surface area contributed by atoms with Gasteiger partial charge in [-0.25, -0.2) is 4.79 Å². The highest BCUT2D eigenvalue weighted by molar-refractivity contribution is 5.93. The van der Waals surface area contributed by atoms with Crippen molar-refractivity contribution in [3.63, 3.8) is 0 Å². The molecule has 30 heavy (non-hydrogen) atoms. The zero-order valence-electron chi connectivity index (χ0n) is 17.2. The summed E-state index contributed by atoms with van der Waals surface area (Å²) in [5.41, 5.74) is 5.16. The lowest BCUT2D eigenvalue weighted by molar-refractivity contribution is -0.137. The summed E-state index contributed by atoms with van der Waals surface area (Å²) in [6, 6.07) is 24.8. The lowest BCUT2D eigenvalue weighted by Crippen LogP contribution is -2.12. The van der Waals surface area contributed by atoms with Crippen LogP contribution < -0.4 is 0 Å². The molecule has 0 spiro atoms. The normalized spacial score (nSPS) is 12.7. The van der Waals surface area contributed by atoms with E-state index in [1.807, 2.05) is 37.4 Å². The van der Waals surface area contributed by atoms with Crippen molar-refractivity contribution in [2.45, 2.75) is 19.9 Å². The quantitative estimate of drug-likeness (QED) is 0.313. The Kier molecular flexibility index (Phi) is 5.75. The number of pyridine rings is 1. The Morgan fingerprint density at radius 2 is 1.87 bits per heavy atom. The van der Waals surface area contributed by atoms with Gasteiger partial charge in [0.15, 0.2) is 0 Å². The molecule has 1 atom stereocenters. The van der Waals surface area contributed by atoms with E-state index in [1.54, 1.807) is 13.0 Å². The van der Waals surface area contributed by atoms with Gasteiger partial charge in [0.25, 0.3) is 0 Å². The van der Waals surface area contributed by atoms with E-state index < -0.39 is 0 Å². The smallest absolute Gasteiger partial charge is 0.331 e. The standard InChI is InChI=1S/C26H24N2O2/c1-3-30-25(29)17-19(2)21-12-13-24-22(18-21)14-16-28(24)26(20-9-5-4-6-10-20)23-11-7-8-15-27-23/h4-18,26H,3H2,1-2H3/b19-17+. The van der Waals surface area contributed by atoms with Crippen LogP contribution in [0.5, 0.6) is 0 Å². The van der Waals surface area contributed by atoms with E-state index in [-0.39, 0.29) is 12.0 Å². The zero-order chi connectivity index (χ0) is 20.9.